The molecule has 5 nitrogen and oxygen atoms in total. The zero-order valence-electron chi connectivity index (χ0n) is 13.2. The third-order valence-electron chi connectivity index (χ3n) is 4.10. The Hall–Kier alpha value is -1.66. The van der Waals surface area contributed by atoms with Gasteiger partial charge < -0.3 is 0 Å². The number of aromatic nitrogens is 2. The molecule has 1 N–H and O–H groups in total. The molecule has 1 heterocycles. The van der Waals surface area contributed by atoms with Crippen molar-refractivity contribution in [3.05, 3.63) is 48.5 Å². The molecule has 0 aliphatic heterocycles. The van der Waals surface area contributed by atoms with Gasteiger partial charge in [0.25, 0.3) is 10.1 Å². The van der Waals surface area contributed by atoms with Crippen LogP contribution in [0.5, 0.6) is 0 Å². The van der Waals surface area contributed by atoms with Crippen molar-refractivity contribution in [3.63, 3.8) is 0 Å². The van der Waals surface area contributed by atoms with E-state index in [1.807, 2.05) is 17.8 Å². The minimum Gasteiger partial charge on any atom is -0.282 e. The largest absolute Gasteiger partial charge is 0.294 e. The van der Waals surface area contributed by atoms with Gasteiger partial charge in [-0.2, -0.15) is 8.42 Å². The molecule has 22 heavy (non-hydrogen) atoms. The summed E-state index contributed by atoms with van der Waals surface area (Å²) in [5, 5.41) is 0. The van der Waals surface area contributed by atoms with E-state index in [9.17, 15) is 8.42 Å². The summed E-state index contributed by atoms with van der Waals surface area (Å²) < 4.78 is 35.6. The summed E-state index contributed by atoms with van der Waals surface area (Å²) in [7, 11) is -2.14. The van der Waals surface area contributed by atoms with Gasteiger partial charge in [-0.3, -0.25) is 4.55 Å². The highest BCUT2D eigenvalue weighted by Crippen LogP contribution is 2.31. The third kappa shape index (κ3) is 3.56. The van der Waals surface area contributed by atoms with Crippen molar-refractivity contribution in [1.82, 2.24) is 4.57 Å². The molecule has 2 aromatic rings. The van der Waals surface area contributed by atoms with E-state index in [0.29, 0.717) is 6.04 Å². The molecule has 0 spiro atoms. The van der Waals surface area contributed by atoms with E-state index in [1.54, 1.807) is 12.1 Å². The second-order valence-electron chi connectivity index (χ2n) is 5.56. The molecule has 0 aliphatic carbocycles. The molecule has 0 amide bonds. The van der Waals surface area contributed by atoms with Gasteiger partial charge in [0.2, 0.25) is 6.33 Å². The average Bonchev–Trinajstić information content (AvgIpc) is 2.90. The molecule has 0 aliphatic rings. The van der Waals surface area contributed by atoms with Crippen LogP contribution in [0.4, 0.5) is 0 Å². The zero-order valence-corrected chi connectivity index (χ0v) is 14.0. The number of rotatable bonds is 6. The smallest absolute Gasteiger partial charge is 0.282 e. The number of benzene rings is 1. The molecule has 2 rings (SSSR count). The van der Waals surface area contributed by atoms with E-state index < -0.39 is 10.1 Å². The lowest BCUT2D eigenvalue weighted by Crippen LogP contribution is -2.40. The van der Waals surface area contributed by atoms with Crippen molar-refractivity contribution in [2.75, 3.05) is 0 Å². The Bertz CT molecular complexity index is 720. The van der Waals surface area contributed by atoms with Crippen LogP contribution in [0, 0.1) is 0 Å². The quantitative estimate of drug-likeness (QED) is 0.657. The molecule has 1 aromatic carbocycles. The molecule has 0 saturated heterocycles. The number of hydrogen-bond acceptors (Lipinski definition) is 2. The predicted octanol–water partition coefficient (Wildman–Crippen LogP) is 2.70. The minimum atomic E-state index is -4.14. The summed E-state index contributed by atoms with van der Waals surface area (Å²) in [6, 6.07) is 6.83. The van der Waals surface area contributed by atoms with Crippen LogP contribution in [0.2, 0.25) is 0 Å². The van der Waals surface area contributed by atoms with E-state index in [4.69, 9.17) is 4.55 Å². The van der Waals surface area contributed by atoms with E-state index in [1.165, 1.54) is 12.1 Å². The standard InChI is InChI=1S/C16H22N2O3S/c1-4-15(16(5-2)18-11-10-17(3)12-18)13-6-8-14(9-7-13)22(19,20)21/h6-12,15-16H,4-5H2,1-3H3/p+1. The SMILES string of the molecule is CCC(c1ccc(S(=O)(=O)O)cc1)C(CC)[n+]1ccn(C)c1. The summed E-state index contributed by atoms with van der Waals surface area (Å²) in [6.45, 7) is 4.29. The van der Waals surface area contributed by atoms with Crippen molar-refractivity contribution in [3.8, 4) is 0 Å². The molecule has 0 radical (unpaired) electrons. The van der Waals surface area contributed by atoms with Crippen LogP contribution < -0.4 is 4.57 Å². The van der Waals surface area contributed by atoms with Crippen LogP contribution in [0.25, 0.3) is 0 Å². The topological polar surface area (TPSA) is 63.2 Å². The molecule has 120 valence electrons. The first-order valence-electron chi connectivity index (χ1n) is 7.47. The number of nitrogens with zero attached hydrogens (tertiary/aromatic N) is 2. The van der Waals surface area contributed by atoms with Gasteiger partial charge in [-0.1, -0.05) is 26.0 Å². The summed E-state index contributed by atoms with van der Waals surface area (Å²) >= 11 is 0. The van der Waals surface area contributed by atoms with Crippen LogP contribution in [0.1, 0.15) is 44.2 Å². The second-order valence-corrected chi connectivity index (χ2v) is 6.98. The first-order valence-corrected chi connectivity index (χ1v) is 8.91. The lowest BCUT2D eigenvalue weighted by molar-refractivity contribution is -0.726. The Morgan fingerprint density at radius 2 is 1.82 bits per heavy atom. The van der Waals surface area contributed by atoms with Gasteiger partial charge >= 0.3 is 0 Å². The highest BCUT2D eigenvalue weighted by Gasteiger charge is 2.26. The highest BCUT2D eigenvalue weighted by atomic mass is 32.2. The van der Waals surface area contributed by atoms with Gasteiger partial charge in [0.1, 0.15) is 18.4 Å². The maximum atomic E-state index is 11.1. The Morgan fingerprint density at radius 3 is 2.23 bits per heavy atom. The lowest BCUT2D eigenvalue weighted by Gasteiger charge is -2.23. The van der Waals surface area contributed by atoms with E-state index in [-0.39, 0.29) is 10.8 Å². The van der Waals surface area contributed by atoms with Crippen LogP contribution in [-0.2, 0) is 17.2 Å². The fourth-order valence-corrected chi connectivity index (χ4v) is 3.47. The van der Waals surface area contributed by atoms with Crippen molar-refractivity contribution < 1.29 is 17.5 Å². The van der Waals surface area contributed by atoms with Crippen LogP contribution in [0.3, 0.4) is 0 Å². The third-order valence-corrected chi connectivity index (χ3v) is 4.97. The van der Waals surface area contributed by atoms with Gasteiger partial charge in [0.15, 0.2) is 0 Å². The van der Waals surface area contributed by atoms with Gasteiger partial charge in [-0.05, 0) is 30.5 Å². The van der Waals surface area contributed by atoms with Crippen molar-refractivity contribution in [1.29, 1.82) is 0 Å². The Morgan fingerprint density at radius 1 is 1.18 bits per heavy atom. The van der Waals surface area contributed by atoms with E-state index in [2.05, 4.69) is 30.9 Å². The van der Waals surface area contributed by atoms with Crippen LogP contribution >= 0.6 is 0 Å². The van der Waals surface area contributed by atoms with E-state index >= 15 is 0 Å². The van der Waals surface area contributed by atoms with Gasteiger partial charge in [-0.25, -0.2) is 9.13 Å². The van der Waals surface area contributed by atoms with Crippen LogP contribution in [-0.4, -0.2) is 17.5 Å². The van der Waals surface area contributed by atoms with Gasteiger partial charge in [0, 0.05) is 5.92 Å². The Kier molecular flexibility index (Phi) is 5.03. The van der Waals surface area contributed by atoms with Gasteiger partial charge in [-0.15, -0.1) is 0 Å². The van der Waals surface area contributed by atoms with Crippen molar-refractivity contribution in [2.45, 2.75) is 43.5 Å². The summed E-state index contributed by atoms with van der Waals surface area (Å²) in [5.41, 5.74) is 1.08. The minimum absolute atomic E-state index is 0.0634. The lowest BCUT2D eigenvalue weighted by atomic mass is 9.87. The molecule has 6 heteroatoms. The number of imidazole rings is 1. The summed E-state index contributed by atoms with van der Waals surface area (Å²) in [6.07, 6.45) is 8.06. The molecule has 2 atom stereocenters. The summed E-state index contributed by atoms with van der Waals surface area (Å²) in [4.78, 5) is -0.0634. The molecular formula is C16H23N2O3S+. The second kappa shape index (κ2) is 6.62. The monoisotopic (exact) mass is 323 g/mol. The zero-order chi connectivity index (χ0) is 16.3. The molecule has 2 unspecified atom stereocenters. The van der Waals surface area contributed by atoms with E-state index in [0.717, 1.165) is 18.4 Å². The summed E-state index contributed by atoms with van der Waals surface area (Å²) in [5.74, 6) is 0.285. The highest BCUT2D eigenvalue weighted by molar-refractivity contribution is 7.85. The molecule has 0 fully saturated rings. The van der Waals surface area contributed by atoms with Crippen LogP contribution in [0.15, 0.2) is 47.9 Å². The molecule has 0 saturated carbocycles. The average molecular weight is 323 g/mol. The molecule has 1 aromatic heterocycles. The number of aryl methyl sites for hydroxylation is 1. The predicted molar refractivity (Wildman–Crippen MR) is 84.2 cm³/mol. The molecular weight excluding hydrogens is 300 g/mol. The van der Waals surface area contributed by atoms with Crippen molar-refractivity contribution >= 4 is 10.1 Å². The first kappa shape index (κ1) is 16.7. The van der Waals surface area contributed by atoms with Gasteiger partial charge in [0.05, 0.1) is 11.9 Å². The maximum absolute atomic E-state index is 11.1. The number of hydrogen-bond donors (Lipinski definition) is 1. The maximum Gasteiger partial charge on any atom is 0.294 e. The fraction of sp³-hybridized carbons (Fsp3) is 0.438. The fourth-order valence-electron chi connectivity index (χ4n) is 2.99. The first-order chi connectivity index (χ1) is 10.4. The Labute approximate surface area is 132 Å². The molecule has 0 bridgehead atoms. The Balaban J connectivity index is 2.34. The van der Waals surface area contributed by atoms with Crippen molar-refractivity contribution in [2.24, 2.45) is 7.05 Å². The normalized spacial score (nSPS) is 14.7.